The standard InChI is InChI=1S/C32H25Br/c33-30-23-21-26(22-24-30)31(25-13-5-1-6-14-25)32(27-15-7-2-8-16-27,28-17-9-3-10-18-28)29-19-11-4-12-20-29/h1-24,31H/t31-/m1/s1. The van der Waals surface area contributed by atoms with E-state index in [2.05, 4.69) is 162 Å². The van der Waals surface area contributed by atoms with Crippen LogP contribution < -0.4 is 0 Å². The first-order valence-corrected chi connectivity index (χ1v) is 12.1. The maximum absolute atomic E-state index is 3.64. The summed E-state index contributed by atoms with van der Waals surface area (Å²) in [5, 5.41) is 0. The van der Waals surface area contributed by atoms with Crippen LogP contribution in [0.25, 0.3) is 0 Å². The molecular formula is C32H25Br. The summed E-state index contributed by atoms with van der Waals surface area (Å²) < 4.78 is 1.09. The van der Waals surface area contributed by atoms with Crippen LogP contribution in [0.5, 0.6) is 0 Å². The lowest BCUT2D eigenvalue weighted by Gasteiger charge is -2.43. The van der Waals surface area contributed by atoms with Gasteiger partial charge in [-0.25, -0.2) is 0 Å². The minimum absolute atomic E-state index is 0.0685. The molecule has 0 N–H and O–H groups in total. The first-order chi connectivity index (χ1) is 16.3. The molecule has 0 saturated carbocycles. The maximum Gasteiger partial charge on any atom is 0.0560 e. The van der Waals surface area contributed by atoms with E-state index in [0.29, 0.717) is 0 Å². The van der Waals surface area contributed by atoms with Gasteiger partial charge in [-0.1, -0.05) is 149 Å². The highest BCUT2D eigenvalue weighted by Crippen LogP contribution is 2.52. The Balaban J connectivity index is 1.94. The van der Waals surface area contributed by atoms with E-state index in [9.17, 15) is 0 Å². The monoisotopic (exact) mass is 488 g/mol. The van der Waals surface area contributed by atoms with Crippen molar-refractivity contribution in [1.29, 1.82) is 0 Å². The van der Waals surface area contributed by atoms with Crippen LogP contribution in [0.2, 0.25) is 0 Å². The smallest absolute Gasteiger partial charge is 0.0560 e. The SMILES string of the molecule is Brc1ccc([C@@H](c2ccccc2)C(c2ccccc2)(c2ccccc2)c2ccccc2)cc1. The van der Waals surface area contributed by atoms with Gasteiger partial charge in [-0.3, -0.25) is 0 Å². The Morgan fingerprint density at radius 3 is 1.12 bits per heavy atom. The number of hydrogen-bond donors (Lipinski definition) is 0. The molecule has 1 heteroatoms. The van der Waals surface area contributed by atoms with Crippen LogP contribution in [0.15, 0.2) is 150 Å². The number of rotatable bonds is 6. The van der Waals surface area contributed by atoms with E-state index < -0.39 is 5.41 Å². The number of hydrogen-bond acceptors (Lipinski definition) is 0. The fraction of sp³-hybridized carbons (Fsp3) is 0.0625. The van der Waals surface area contributed by atoms with Crippen LogP contribution >= 0.6 is 15.9 Å². The Morgan fingerprint density at radius 1 is 0.394 bits per heavy atom. The van der Waals surface area contributed by atoms with Crippen molar-refractivity contribution in [3.05, 3.63) is 178 Å². The Hall–Kier alpha value is -3.42. The maximum atomic E-state index is 3.64. The molecule has 0 heterocycles. The van der Waals surface area contributed by atoms with Crippen molar-refractivity contribution in [3.8, 4) is 0 Å². The van der Waals surface area contributed by atoms with Crippen LogP contribution in [-0.4, -0.2) is 0 Å². The minimum Gasteiger partial charge on any atom is -0.0622 e. The van der Waals surface area contributed by atoms with E-state index in [4.69, 9.17) is 0 Å². The molecule has 0 unspecified atom stereocenters. The molecule has 1 atom stereocenters. The average molecular weight is 489 g/mol. The highest BCUT2D eigenvalue weighted by atomic mass is 79.9. The number of benzene rings is 5. The predicted octanol–water partition coefficient (Wildman–Crippen LogP) is 8.62. The molecule has 5 aromatic carbocycles. The van der Waals surface area contributed by atoms with Gasteiger partial charge in [0.15, 0.2) is 0 Å². The third-order valence-corrected chi connectivity index (χ3v) is 6.99. The molecule has 0 amide bonds. The number of halogens is 1. The van der Waals surface area contributed by atoms with E-state index in [-0.39, 0.29) is 5.92 Å². The quantitative estimate of drug-likeness (QED) is 0.210. The van der Waals surface area contributed by atoms with Crippen molar-refractivity contribution in [2.75, 3.05) is 0 Å². The summed E-state index contributed by atoms with van der Waals surface area (Å²) in [5.74, 6) is 0.0685. The summed E-state index contributed by atoms with van der Waals surface area (Å²) in [5.41, 5.74) is 5.98. The van der Waals surface area contributed by atoms with E-state index in [1.165, 1.54) is 27.8 Å². The van der Waals surface area contributed by atoms with Gasteiger partial charge in [-0.05, 0) is 39.9 Å². The van der Waals surface area contributed by atoms with Crippen LogP contribution in [-0.2, 0) is 5.41 Å². The Kier molecular flexibility index (Phi) is 6.24. The molecule has 33 heavy (non-hydrogen) atoms. The van der Waals surface area contributed by atoms with E-state index in [0.717, 1.165) is 4.47 Å². The van der Waals surface area contributed by atoms with Crippen LogP contribution in [0, 0.1) is 0 Å². The fourth-order valence-electron chi connectivity index (χ4n) is 5.10. The van der Waals surface area contributed by atoms with Gasteiger partial charge >= 0.3 is 0 Å². The summed E-state index contributed by atoms with van der Waals surface area (Å²) >= 11 is 3.64. The average Bonchev–Trinajstić information content (AvgIpc) is 2.90. The molecule has 0 nitrogen and oxygen atoms in total. The molecular weight excluding hydrogens is 464 g/mol. The molecule has 5 aromatic rings. The molecule has 0 spiro atoms. The molecule has 160 valence electrons. The highest BCUT2D eigenvalue weighted by molar-refractivity contribution is 9.10. The van der Waals surface area contributed by atoms with Gasteiger partial charge in [0.2, 0.25) is 0 Å². The van der Waals surface area contributed by atoms with Crippen LogP contribution in [0.1, 0.15) is 33.7 Å². The summed E-state index contributed by atoms with van der Waals surface area (Å²) in [6.45, 7) is 0. The molecule has 0 bridgehead atoms. The first-order valence-electron chi connectivity index (χ1n) is 11.3. The van der Waals surface area contributed by atoms with Gasteiger partial charge in [0.1, 0.15) is 0 Å². The second-order valence-electron chi connectivity index (χ2n) is 8.30. The van der Waals surface area contributed by atoms with Crippen LogP contribution in [0.4, 0.5) is 0 Å². The first kappa shape index (κ1) is 21.4. The van der Waals surface area contributed by atoms with Gasteiger partial charge in [0.25, 0.3) is 0 Å². The van der Waals surface area contributed by atoms with Crippen molar-refractivity contribution >= 4 is 15.9 Å². The van der Waals surface area contributed by atoms with Crippen LogP contribution in [0.3, 0.4) is 0 Å². The topological polar surface area (TPSA) is 0 Å². The van der Waals surface area contributed by atoms with Crippen molar-refractivity contribution in [2.24, 2.45) is 0 Å². The summed E-state index contributed by atoms with van der Waals surface area (Å²) in [7, 11) is 0. The zero-order chi connectivity index (χ0) is 22.5. The Bertz CT molecular complexity index is 1180. The summed E-state index contributed by atoms with van der Waals surface area (Å²) in [4.78, 5) is 0. The lowest BCUT2D eigenvalue weighted by molar-refractivity contribution is 0.537. The van der Waals surface area contributed by atoms with Gasteiger partial charge in [-0.15, -0.1) is 0 Å². The summed E-state index contributed by atoms with van der Waals surface area (Å²) in [6, 6.07) is 52.6. The van der Waals surface area contributed by atoms with E-state index in [1.807, 2.05) is 0 Å². The van der Waals surface area contributed by atoms with Gasteiger partial charge < -0.3 is 0 Å². The molecule has 0 aromatic heterocycles. The molecule has 0 aliphatic rings. The van der Waals surface area contributed by atoms with Gasteiger partial charge in [0.05, 0.1) is 5.41 Å². The zero-order valence-electron chi connectivity index (χ0n) is 18.3. The van der Waals surface area contributed by atoms with E-state index >= 15 is 0 Å². The zero-order valence-corrected chi connectivity index (χ0v) is 19.9. The lowest BCUT2D eigenvalue weighted by Crippen LogP contribution is -2.37. The molecule has 5 rings (SSSR count). The summed E-state index contributed by atoms with van der Waals surface area (Å²) in [6.07, 6.45) is 0. The highest BCUT2D eigenvalue weighted by Gasteiger charge is 2.45. The van der Waals surface area contributed by atoms with E-state index in [1.54, 1.807) is 0 Å². The van der Waals surface area contributed by atoms with Gasteiger partial charge in [-0.2, -0.15) is 0 Å². The largest absolute Gasteiger partial charge is 0.0622 e. The van der Waals surface area contributed by atoms with Crippen molar-refractivity contribution in [3.63, 3.8) is 0 Å². The Labute approximate surface area is 204 Å². The molecule has 0 aliphatic heterocycles. The van der Waals surface area contributed by atoms with Crippen molar-refractivity contribution in [2.45, 2.75) is 11.3 Å². The fourth-order valence-corrected chi connectivity index (χ4v) is 5.36. The minimum atomic E-state index is -0.418. The molecule has 0 saturated heterocycles. The second kappa shape index (κ2) is 9.60. The third kappa shape index (κ3) is 4.05. The normalized spacial score (nSPS) is 12.3. The van der Waals surface area contributed by atoms with Gasteiger partial charge in [0, 0.05) is 10.4 Å². The third-order valence-electron chi connectivity index (χ3n) is 6.46. The molecule has 0 aliphatic carbocycles. The molecule has 0 fully saturated rings. The molecule has 0 radical (unpaired) electrons. The van der Waals surface area contributed by atoms with Crippen molar-refractivity contribution < 1.29 is 0 Å². The second-order valence-corrected chi connectivity index (χ2v) is 9.22. The predicted molar refractivity (Wildman–Crippen MR) is 142 cm³/mol. The van der Waals surface area contributed by atoms with Crippen molar-refractivity contribution in [1.82, 2.24) is 0 Å². The lowest BCUT2D eigenvalue weighted by atomic mass is 9.58. The Morgan fingerprint density at radius 2 is 0.727 bits per heavy atom.